The van der Waals surface area contributed by atoms with Gasteiger partial charge in [0.25, 0.3) is 0 Å². The first-order chi connectivity index (χ1) is 10.2. The van der Waals surface area contributed by atoms with E-state index in [-0.39, 0.29) is 0 Å². The summed E-state index contributed by atoms with van der Waals surface area (Å²) in [4.78, 5) is 4.34. The SMILES string of the molecule is Cc1nc2cc(NCc3ccc(C4CC4C)o3)ccc2o1. The van der Waals surface area contributed by atoms with Crippen LogP contribution in [0.2, 0.25) is 0 Å². The maximum absolute atomic E-state index is 5.89. The molecule has 1 fully saturated rings. The number of oxazole rings is 1. The van der Waals surface area contributed by atoms with E-state index in [2.05, 4.69) is 29.4 Å². The van der Waals surface area contributed by atoms with Gasteiger partial charge in [-0.05, 0) is 42.7 Å². The molecule has 1 aliphatic rings. The van der Waals surface area contributed by atoms with Crippen molar-refractivity contribution < 1.29 is 8.83 Å². The van der Waals surface area contributed by atoms with Crippen LogP contribution in [0.15, 0.2) is 39.2 Å². The molecule has 0 spiro atoms. The number of fused-ring (bicyclic) bond motifs is 1. The van der Waals surface area contributed by atoms with Crippen LogP contribution in [0.4, 0.5) is 5.69 Å². The van der Waals surface area contributed by atoms with E-state index in [0.29, 0.717) is 18.4 Å². The second-order valence-corrected chi connectivity index (χ2v) is 5.89. The minimum atomic E-state index is 0.633. The molecular weight excluding hydrogens is 264 g/mol. The fourth-order valence-electron chi connectivity index (χ4n) is 2.75. The van der Waals surface area contributed by atoms with Crippen LogP contribution in [0.1, 0.15) is 36.7 Å². The number of hydrogen-bond donors (Lipinski definition) is 1. The lowest BCUT2D eigenvalue weighted by Gasteiger charge is -2.03. The Morgan fingerprint density at radius 2 is 2.10 bits per heavy atom. The van der Waals surface area contributed by atoms with Crippen molar-refractivity contribution in [2.45, 2.75) is 32.7 Å². The summed E-state index contributed by atoms with van der Waals surface area (Å²) < 4.78 is 11.4. The molecule has 0 saturated heterocycles. The first kappa shape index (κ1) is 12.5. The molecule has 0 amide bonds. The van der Waals surface area contributed by atoms with Gasteiger partial charge in [-0.25, -0.2) is 4.98 Å². The first-order valence-corrected chi connectivity index (χ1v) is 7.39. The third-order valence-electron chi connectivity index (χ3n) is 4.12. The van der Waals surface area contributed by atoms with Gasteiger partial charge in [0.2, 0.25) is 0 Å². The van der Waals surface area contributed by atoms with Gasteiger partial charge < -0.3 is 14.2 Å². The lowest BCUT2D eigenvalue weighted by atomic mass is 10.2. The molecule has 4 rings (SSSR count). The van der Waals surface area contributed by atoms with Gasteiger partial charge >= 0.3 is 0 Å². The molecule has 2 aromatic heterocycles. The van der Waals surface area contributed by atoms with Crippen LogP contribution >= 0.6 is 0 Å². The molecule has 4 heteroatoms. The fourth-order valence-corrected chi connectivity index (χ4v) is 2.75. The first-order valence-electron chi connectivity index (χ1n) is 7.39. The number of benzene rings is 1. The third-order valence-corrected chi connectivity index (χ3v) is 4.12. The standard InChI is InChI=1S/C17H18N2O2/c1-10-7-14(10)16-6-4-13(21-16)9-18-12-3-5-17-15(8-12)19-11(2)20-17/h3-6,8,10,14,18H,7,9H2,1-2H3. The summed E-state index contributed by atoms with van der Waals surface area (Å²) in [6.45, 7) is 4.81. The zero-order chi connectivity index (χ0) is 14.4. The zero-order valence-electron chi connectivity index (χ0n) is 12.2. The molecule has 4 nitrogen and oxygen atoms in total. The number of aromatic nitrogens is 1. The number of nitrogens with zero attached hydrogens (tertiary/aromatic N) is 1. The Morgan fingerprint density at radius 3 is 2.90 bits per heavy atom. The minimum Gasteiger partial charge on any atom is -0.464 e. The molecule has 3 aromatic rings. The normalized spacial score (nSPS) is 20.9. The van der Waals surface area contributed by atoms with Gasteiger partial charge in [-0.2, -0.15) is 0 Å². The molecule has 1 saturated carbocycles. The van der Waals surface area contributed by atoms with E-state index in [1.54, 1.807) is 0 Å². The number of hydrogen-bond acceptors (Lipinski definition) is 4. The summed E-state index contributed by atoms with van der Waals surface area (Å²) in [5.41, 5.74) is 2.72. The predicted octanol–water partition coefficient (Wildman–Crippen LogP) is 4.46. The molecule has 1 aliphatic carbocycles. The van der Waals surface area contributed by atoms with E-state index in [1.165, 1.54) is 6.42 Å². The summed E-state index contributed by atoms with van der Waals surface area (Å²) >= 11 is 0. The Labute approximate surface area is 123 Å². The topological polar surface area (TPSA) is 51.2 Å². The maximum Gasteiger partial charge on any atom is 0.192 e. The Bertz CT molecular complexity index is 787. The Kier molecular flexibility index (Phi) is 2.77. The summed E-state index contributed by atoms with van der Waals surface area (Å²) in [5.74, 6) is 4.20. The Hall–Kier alpha value is -2.23. The lowest BCUT2D eigenvalue weighted by molar-refractivity contribution is 0.468. The van der Waals surface area contributed by atoms with Crippen LogP contribution in [0.25, 0.3) is 11.1 Å². The second kappa shape index (κ2) is 4.65. The van der Waals surface area contributed by atoms with E-state index in [0.717, 1.165) is 34.2 Å². The number of furan rings is 1. The molecule has 2 unspecified atom stereocenters. The highest BCUT2D eigenvalue weighted by Gasteiger charge is 2.36. The molecule has 108 valence electrons. The fraction of sp³-hybridized carbons (Fsp3) is 0.353. The highest BCUT2D eigenvalue weighted by Crippen LogP contribution is 2.47. The van der Waals surface area contributed by atoms with Crippen molar-refractivity contribution in [1.29, 1.82) is 0 Å². The van der Waals surface area contributed by atoms with Crippen molar-refractivity contribution in [2.75, 3.05) is 5.32 Å². The third kappa shape index (κ3) is 2.42. The van der Waals surface area contributed by atoms with Crippen molar-refractivity contribution >= 4 is 16.8 Å². The smallest absolute Gasteiger partial charge is 0.192 e. The van der Waals surface area contributed by atoms with Gasteiger partial charge in [0.1, 0.15) is 17.0 Å². The van der Waals surface area contributed by atoms with Gasteiger partial charge in [0.15, 0.2) is 11.5 Å². The number of anilines is 1. The second-order valence-electron chi connectivity index (χ2n) is 5.89. The zero-order valence-corrected chi connectivity index (χ0v) is 12.2. The van der Waals surface area contributed by atoms with Gasteiger partial charge in [-0.15, -0.1) is 0 Å². The molecule has 1 N–H and O–H groups in total. The van der Waals surface area contributed by atoms with E-state index in [4.69, 9.17) is 8.83 Å². The number of aryl methyl sites for hydroxylation is 1. The monoisotopic (exact) mass is 282 g/mol. The molecule has 0 aliphatic heterocycles. The van der Waals surface area contributed by atoms with Crippen molar-refractivity contribution in [1.82, 2.24) is 4.98 Å². The molecular formula is C17H18N2O2. The van der Waals surface area contributed by atoms with Crippen molar-refractivity contribution in [2.24, 2.45) is 5.92 Å². The quantitative estimate of drug-likeness (QED) is 0.767. The highest BCUT2D eigenvalue weighted by atomic mass is 16.3. The molecule has 1 aromatic carbocycles. The van der Waals surface area contributed by atoms with Crippen LogP contribution < -0.4 is 5.32 Å². The van der Waals surface area contributed by atoms with E-state index in [9.17, 15) is 0 Å². The maximum atomic E-state index is 5.89. The molecule has 2 heterocycles. The molecule has 2 atom stereocenters. The van der Waals surface area contributed by atoms with Crippen LogP contribution in [-0.2, 0) is 6.54 Å². The van der Waals surface area contributed by atoms with Crippen LogP contribution in [0.5, 0.6) is 0 Å². The average molecular weight is 282 g/mol. The minimum absolute atomic E-state index is 0.633. The van der Waals surface area contributed by atoms with Crippen molar-refractivity contribution in [3.05, 3.63) is 47.7 Å². The largest absolute Gasteiger partial charge is 0.464 e. The lowest BCUT2D eigenvalue weighted by Crippen LogP contribution is -1.97. The molecule has 0 radical (unpaired) electrons. The van der Waals surface area contributed by atoms with Gasteiger partial charge in [0.05, 0.1) is 6.54 Å². The highest BCUT2D eigenvalue weighted by molar-refractivity contribution is 5.77. The van der Waals surface area contributed by atoms with Crippen LogP contribution in [-0.4, -0.2) is 4.98 Å². The molecule has 0 bridgehead atoms. The average Bonchev–Trinajstić information content (AvgIpc) is 2.89. The van der Waals surface area contributed by atoms with Gasteiger partial charge in [0, 0.05) is 18.5 Å². The summed E-state index contributed by atoms with van der Waals surface area (Å²) in [6.07, 6.45) is 1.25. The van der Waals surface area contributed by atoms with E-state index in [1.807, 2.05) is 25.1 Å². The Morgan fingerprint density at radius 1 is 1.24 bits per heavy atom. The van der Waals surface area contributed by atoms with E-state index >= 15 is 0 Å². The Balaban J connectivity index is 1.46. The van der Waals surface area contributed by atoms with Crippen LogP contribution in [0, 0.1) is 12.8 Å². The van der Waals surface area contributed by atoms with Crippen LogP contribution in [0.3, 0.4) is 0 Å². The van der Waals surface area contributed by atoms with E-state index < -0.39 is 0 Å². The summed E-state index contributed by atoms with van der Waals surface area (Å²) in [5, 5.41) is 3.37. The predicted molar refractivity (Wildman–Crippen MR) is 81.3 cm³/mol. The number of rotatable bonds is 4. The van der Waals surface area contributed by atoms with Crippen molar-refractivity contribution in [3.8, 4) is 0 Å². The summed E-state index contributed by atoms with van der Waals surface area (Å²) in [6, 6.07) is 10.1. The van der Waals surface area contributed by atoms with Crippen molar-refractivity contribution in [3.63, 3.8) is 0 Å². The number of nitrogens with one attached hydrogen (secondary N) is 1. The van der Waals surface area contributed by atoms with Gasteiger partial charge in [-0.1, -0.05) is 6.92 Å². The molecule has 21 heavy (non-hydrogen) atoms. The van der Waals surface area contributed by atoms with Gasteiger partial charge in [-0.3, -0.25) is 0 Å². The summed E-state index contributed by atoms with van der Waals surface area (Å²) in [7, 11) is 0.